The molecule has 4 rings (SSSR count). The number of hydrogen-bond donors (Lipinski definition) is 1. The van der Waals surface area contributed by atoms with Crippen molar-refractivity contribution in [2.24, 2.45) is 0 Å². The standard InChI is InChI=1S/C30H29ClN2O5/c1-3-36-27(34)19-25-10-5-4-9-24(25)18-21-12-14-23(15-13-21)29-28(20(2)33-38-29)32-30(35)37-17-16-22-8-6-7-11-26(22)31/h4-15H,3,16-19H2,1-2H3,(H,32,35). The van der Waals surface area contributed by atoms with Gasteiger partial charge in [-0.1, -0.05) is 83.5 Å². The fraction of sp³-hybridized carbons (Fsp3) is 0.233. The third kappa shape index (κ3) is 7.01. The lowest BCUT2D eigenvalue weighted by Gasteiger charge is -2.10. The predicted octanol–water partition coefficient (Wildman–Crippen LogP) is 6.79. The molecule has 196 valence electrons. The number of ether oxygens (including phenoxy) is 2. The van der Waals surface area contributed by atoms with Gasteiger partial charge in [-0.15, -0.1) is 0 Å². The van der Waals surface area contributed by atoms with Crippen LogP contribution in [0.15, 0.2) is 77.3 Å². The summed E-state index contributed by atoms with van der Waals surface area (Å²) in [5.74, 6) is 0.207. The molecule has 0 aliphatic rings. The second-order valence-electron chi connectivity index (χ2n) is 8.70. The van der Waals surface area contributed by atoms with Crippen LogP contribution in [0.4, 0.5) is 10.5 Å². The molecule has 0 aliphatic carbocycles. The van der Waals surface area contributed by atoms with Gasteiger partial charge in [-0.05, 0) is 48.6 Å². The summed E-state index contributed by atoms with van der Waals surface area (Å²) < 4.78 is 16.0. The van der Waals surface area contributed by atoms with E-state index in [-0.39, 0.29) is 19.0 Å². The summed E-state index contributed by atoms with van der Waals surface area (Å²) in [6.07, 6.45) is 0.809. The molecule has 4 aromatic rings. The Morgan fingerprint density at radius 1 is 0.921 bits per heavy atom. The molecule has 38 heavy (non-hydrogen) atoms. The van der Waals surface area contributed by atoms with Crippen LogP contribution in [0.2, 0.25) is 5.02 Å². The topological polar surface area (TPSA) is 90.7 Å². The molecule has 0 atom stereocenters. The number of esters is 1. The molecule has 0 radical (unpaired) electrons. The number of carbonyl (C=O) groups is 2. The highest BCUT2D eigenvalue weighted by atomic mass is 35.5. The summed E-state index contributed by atoms with van der Waals surface area (Å²) in [6, 6.07) is 23.1. The summed E-state index contributed by atoms with van der Waals surface area (Å²) in [5, 5.41) is 7.42. The van der Waals surface area contributed by atoms with Crippen molar-refractivity contribution in [2.75, 3.05) is 18.5 Å². The maximum atomic E-state index is 12.5. The highest BCUT2D eigenvalue weighted by Gasteiger charge is 2.18. The Labute approximate surface area is 226 Å². The molecular weight excluding hydrogens is 504 g/mol. The maximum absolute atomic E-state index is 12.5. The highest BCUT2D eigenvalue weighted by molar-refractivity contribution is 6.31. The molecule has 1 aromatic heterocycles. The third-order valence-corrected chi connectivity index (χ3v) is 6.39. The Bertz CT molecular complexity index is 1400. The zero-order valence-electron chi connectivity index (χ0n) is 21.3. The van der Waals surface area contributed by atoms with Gasteiger partial charge in [-0.25, -0.2) is 4.79 Å². The molecule has 0 saturated carbocycles. The smallest absolute Gasteiger partial charge is 0.411 e. The minimum Gasteiger partial charge on any atom is -0.466 e. The Hall–Kier alpha value is -4.10. The van der Waals surface area contributed by atoms with E-state index < -0.39 is 6.09 Å². The SMILES string of the molecule is CCOC(=O)Cc1ccccc1Cc1ccc(-c2onc(C)c2NC(=O)OCCc2ccccc2Cl)cc1. The molecule has 0 unspecified atom stereocenters. The molecule has 0 fully saturated rings. The molecule has 1 amide bonds. The van der Waals surface area contributed by atoms with E-state index in [1.807, 2.05) is 66.7 Å². The van der Waals surface area contributed by atoms with E-state index in [0.717, 1.165) is 27.8 Å². The minimum absolute atomic E-state index is 0.182. The second-order valence-corrected chi connectivity index (χ2v) is 9.11. The van der Waals surface area contributed by atoms with E-state index in [1.54, 1.807) is 19.9 Å². The molecule has 8 heteroatoms. The lowest BCUT2D eigenvalue weighted by Crippen LogP contribution is -2.16. The Morgan fingerprint density at radius 3 is 2.32 bits per heavy atom. The van der Waals surface area contributed by atoms with Crippen LogP contribution in [-0.2, 0) is 33.5 Å². The zero-order valence-corrected chi connectivity index (χ0v) is 22.1. The van der Waals surface area contributed by atoms with Gasteiger partial charge in [0.2, 0.25) is 0 Å². The third-order valence-electron chi connectivity index (χ3n) is 6.02. The van der Waals surface area contributed by atoms with Gasteiger partial charge in [0.05, 0.1) is 19.6 Å². The van der Waals surface area contributed by atoms with E-state index in [0.29, 0.717) is 41.6 Å². The number of anilines is 1. The number of aryl methyl sites for hydroxylation is 1. The molecule has 7 nitrogen and oxygen atoms in total. The fourth-order valence-corrected chi connectivity index (χ4v) is 4.30. The number of hydrogen-bond acceptors (Lipinski definition) is 6. The number of nitrogens with zero attached hydrogens (tertiary/aromatic N) is 1. The predicted molar refractivity (Wildman–Crippen MR) is 146 cm³/mol. The zero-order chi connectivity index (χ0) is 26.9. The van der Waals surface area contributed by atoms with Gasteiger partial charge in [0.25, 0.3) is 0 Å². The van der Waals surface area contributed by atoms with Crippen LogP contribution < -0.4 is 5.32 Å². The minimum atomic E-state index is -0.598. The summed E-state index contributed by atoms with van der Waals surface area (Å²) in [6.45, 7) is 4.09. The van der Waals surface area contributed by atoms with E-state index in [4.69, 9.17) is 25.6 Å². The van der Waals surface area contributed by atoms with E-state index in [1.165, 1.54) is 0 Å². The van der Waals surface area contributed by atoms with Gasteiger partial charge in [-0.3, -0.25) is 10.1 Å². The first-order valence-corrected chi connectivity index (χ1v) is 12.8. The van der Waals surface area contributed by atoms with Crippen LogP contribution in [0.25, 0.3) is 11.3 Å². The molecule has 0 spiro atoms. The van der Waals surface area contributed by atoms with Crippen LogP contribution in [-0.4, -0.2) is 30.4 Å². The molecule has 1 N–H and O–H groups in total. The quantitative estimate of drug-likeness (QED) is 0.226. The maximum Gasteiger partial charge on any atom is 0.411 e. The van der Waals surface area contributed by atoms with Crippen LogP contribution in [0, 0.1) is 6.92 Å². The van der Waals surface area contributed by atoms with Crippen LogP contribution >= 0.6 is 11.6 Å². The van der Waals surface area contributed by atoms with Gasteiger partial charge in [-0.2, -0.15) is 0 Å². The lowest BCUT2D eigenvalue weighted by molar-refractivity contribution is -0.142. The van der Waals surface area contributed by atoms with Crippen molar-refractivity contribution in [3.8, 4) is 11.3 Å². The normalized spacial score (nSPS) is 10.7. The van der Waals surface area contributed by atoms with Crippen LogP contribution in [0.5, 0.6) is 0 Å². The van der Waals surface area contributed by atoms with Crippen molar-refractivity contribution in [2.45, 2.75) is 33.1 Å². The molecule has 1 heterocycles. The van der Waals surface area contributed by atoms with E-state index in [2.05, 4.69) is 10.5 Å². The second kappa shape index (κ2) is 12.9. The summed E-state index contributed by atoms with van der Waals surface area (Å²) in [4.78, 5) is 24.4. The first kappa shape index (κ1) is 26.9. The number of nitrogens with one attached hydrogen (secondary N) is 1. The lowest BCUT2D eigenvalue weighted by atomic mass is 9.97. The summed E-state index contributed by atoms with van der Waals surface area (Å²) in [7, 11) is 0. The molecule has 0 bridgehead atoms. The van der Waals surface area contributed by atoms with Gasteiger partial charge in [0.15, 0.2) is 5.76 Å². The first-order valence-electron chi connectivity index (χ1n) is 12.4. The number of halogens is 1. The van der Waals surface area contributed by atoms with Crippen LogP contribution in [0.3, 0.4) is 0 Å². The number of carbonyl (C=O) groups excluding carboxylic acids is 2. The van der Waals surface area contributed by atoms with Crippen molar-refractivity contribution in [3.63, 3.8) is 0 Å². The molecule has 0 aliphatic heterocycles. The largest absolute Gasteiger partial charge is 0.466 e. The van der Waals surface area contributed by atoms with Gasteiger partial charge >= 0.3 is 12.1 Å². The molecule has 0 saturated heterocycles. The number of amides is 1. The monoisotopic (exact) mass is 532 g/mol. The summed E-state index contributed by atoms with van der Waals surface area (Å²) >= 11 is 6.16. The fourth-order valence-electron chi connectivity index (χ4n) is 4.07. The number of benzene rings is 3. The van der Waals surface area contributed by atoms with Gasteiger partial charge in [0.1, 0.15) is 11.4 Å². The molecule has 3 aromatic carbocycles. The number of rotatable bonds is 10. The average molecular weight is 533 g/mol. The van der Waals surface area contributed by atoms with Gasteiger partial charge in [0, 0.05) is 17.0 Å². The van der Waals surface area contributed by atoms with Crippen molar-refractivity contribution in [3.05, 3.63) is 106 Å². The van der Waals surface area contributed by atoms with Crippen LogP contribution in [0.1, 0.15) is 34.9 Å². The Balaban J connectivity index is 1.40. The highest BCUT2D eigenvalue weighted by Crippen LogP contribution is 2.31. The number of aromatic nitrogens is 1. The summed E-state index contributed by atoms with van der Waals surface area (Å²) in [5.41, 5.74) is 5.74. The van der Waals surface area contributed by atoms with E-state index >= 15 is 0 Å². The average Bonchev–Trinajstić information content (AvgIpc) is 3.26. The van der Waals surface area contributed by atoms with Crippen molar-refractivity contribution in [1.82, 2.24) is 5.16 Å². The van der Waals surface area contributed by atoms with Crippen molar-refractivity contribution >= 4 is 29.4 Å². The van der Waals surface area contributed by atoms with Crippen molar-refractivity contribution < 1.29 is 23.6 Å². The molecular formula is C30H29ClN2O5. The Kier molecular flexibility index (Phi) is 9.16. The van der Waals surface area contributed by atoms with Crippen molar-refractivity contribution in [1.29, 1.82) is 0 Å². The Morgan fingerprint density at radius 2 is 1.61 bits per heavy atom. The van der Waals surface area contributed by atoms with Gasteiger partial charge < -0.3 is 14.0 Å². The first-order chi connectivity index (χ1) is 18.4. The van der Waals surface area contributed by atoms with E-state index in [9.17, 15) is 9.59 Å².